The van der Waals surface area contributed by atoms with Crippen molar-refractivity contribution in [3.8, 4) is 0 Å². The summed E-state index contributed by atoms with van der Waals surface area (Å²) in [4.78, 5) is 10.7. The molecule has 2 rings (SSSR count). The van der Waals surface area contributed by atoms with E-state index in [0.29, 0.717) is 12.1 Å². The fourth-order valence-electron chi connectivity index (χ4n) is 2.04. The fourth-order valence-corrected chi connectivity index (χ4v) is 2.68. The van der Waals surface area contributed by atoms with Gasteiger partial charge >= 0.3 is 0 Å². The molecule has 0 spiro atoms. The zero-order chi connectivity index (χ0) is 10.8. The van der Waals surface area contributed by atoms with Crippen molar-refractivity contribution in [1.82, 2.24) is 15.3 Å². The van der Waals surface area contributed by atoms with Gasteiger partial charge in [-0.2, -0.15) is 0 Å². The molecule has 1 aromatic heterocycles. The minimum atomic E-state index is 0.513. The van der Waals surface area contributed by atoms with Crippen LogP contribution in [0, 0.1) is 3.57 Å². The smallest absolute Gasteiger partial charge is 0.145 e. The Hall–Kier alpha value is -0.430. The van der Waals surface area contributed by atoms with Gasteiger partial charge in [-0.05, 0) is 36.4 Å². The van der Waals surface area contributed by atoms with Crippen molar-refractivity contribution in [2.24, 2.45) is 0 Å². The largest absolute Gasteiger partial charge is 0.353 e. The molecule has 0 bridgehead atoms. The van der Waals surface area contributed by atoms with E-state index in [9.17, 15) is 0 Å². The third-order valence-corrected chi connectivity index (χ3v) is 3.27. The van der Waals surface area contributed by atoms with Crippen LogP contribution in [0.4, 0.5) is 5.82 Å². The van der Waals surface area contributed by atoms with E-state index in [-0.39, 0.29) is 0 Å². The van der Waals surface area contributed by atoms with Crippen molar-refractivity contribution < 1.29 is 0 Å². The van der Waals surface area contributed by atoms with Crippen LogP contribution in [0.2, 0.25) is 0 Å². The molecule has 0 saturated carbocycles. The van der Waals surface area contributed by atoms with Gasteiger partial charge in [-0.3, -0.25) is 0 Å². The lowest BCUT2D eigenvalue weighted by atomic mass is 10.1. The van der Waals surface area contributed by atoms with Crippen LogP contribution in [-0.4, -0.2) is 35.1 Å². The maximum absolute atomic E-state index is 4.35. The van der Waals surface area contributed by atoms with Crippen molar-refractivity contribution in [1.29, 1.82) is 0 Å². The quantitative estimate of drug-likeness (QED) is 0.792. The summed E-state index contributed by atoms with van der Waals surface area (Å²) >= 11 is 2.29. The molecule has 82 valence electrons. The van der Waals surface area contributed by atoms with Gasteiger partial charge in [0.1, 0.15) is 12.1 Å². The summed E-state index contributed by atoms with van der Waals surface area (Å²) in [5.41, 5.74) is 0. The molecular formula is C10H15IN4. The van der Waals surface area contributed by atoms with Crippen LogP contribution in [-0.2, 0) is 0 Å². The van der Waals surface area contributed by atoms with Crippen molar-refractivity contribution in [3.63, 3.8) is 0 Å². The first kappa shape index (κ1) is 11.1. The normalized spacial score (nSPS) is 26.7. The lowest BCUT2D eigenvalue weighted by molar-refractivity contribution is 0.405. The number of rotatable bonds is 1. The third kappa shape index (κ3) is 2.57. The Kier molecular flexibility index (Phi) is 3.40. The minimum Gasteiger partial charge on any atom is -0.353 e. The number of nitrogens with one attached hydrogen (secondary N) is 1. The number of hydrogen-bond donors (Lipinski definition) is 1. The van der Waals surface area contributed by atoms with E-state index in [4.69, 9.17) is 0 Å². The molecular weight excluding hydrogens is 303 g/mol. The summed E-state index contributed by atoms with van der Waals surface area (Å²) in [6.45, 7) is 6.43. The number of nitrogens with zero attached hydrogens (tertiary/aromatic N) is 3. The molecule has 0 radical (unpaired) electrons. The highest BCUT2D eigenvalue weighted by molar-refractivity contribution is 14.1. The molecule has 0 aromatic carbocycles. The summed E-state index contributed by atoms with van der Waals surface area (Å²) in [5, 5.41) is 3.51. The zero-order valence-electron chi connectivity index (χ0n) is 8.94. The molecule has 1 aliphatic heterocycles. The average molecular weight is 318 g/mol. The summed E-state index contributed by atoms with van der Waals surface area (Å²) in [6, 6.07) is 1.03. The molecule has 5 heteroatoms. The van der Waals surface area contributed by atoms with Gasteiger partial charge in [0.2, 0.25) is 0 Å². The Morgan fingerprint density at radius 2 is 2.07 bits per heavy atom. The van der Waals surface area contributed by atoms with Gasteiger partial charge in [0.15, 0.2) is 0 Å². The van der Waals surface area contributed by atoms with Gasteiger partial charge in [0, 0.05) is 31.4 Å². The Morgan fingerprint density at radius 3 is 2.67 bits per heavy atom. The second-order valence-corrected chi connectivity index (χ2v) is 5.23. The molecule has 1 aliphatic rings. The SMILES string of the molecule is CC1CN(c2ncncc2I)CC(C)N1. The standard InChI is InChI=1S/C10H15IN4/c1-7-4-15(5-8(2)14-7)10-9(11)3-12-6-13-10/h3,6-8,14H,4-5H2,1-2H3. The van der Waals surface area contributed by atoms with Crippen molar-refractivity contribution in [2.45, 2.75) is 25.9 Å². The molecule has 0 aliphatic carbocycles. The molecule has 1 aromatic rings. The number of halogens is 1. The van der Waals surface area contributed by atoms with Gasteiger partial charge in [-0.25, -0.2) is 9.97 Å². The van der Waals surface area contributed by atoms with Gasteiger partial charge in [0.25, 0.3) is 0 Å². The van der Waals surface area contributed by atoms with Gasteiger partial charge in [-0.15, -0.1) is 0 Å². The van der Waals surface area contributed by atoms with E-state index in [1.54, 1.807) is 6.33 Å². The number of aromatic nitrogens is 2. The molecule has 2 unspecified atom stereocenters. The Morgan fingerprint density at radius 1 is 1.40 bits per heavy atom. The average Bonchev–Trinajstić information content (AvgIpc) is 2.16. The van der Waals surface area contributed by atoms with E-state index in [1.165, 1.54) is 0 Å². The van der Waals surface area contributed by atoms with Crippen LogP contribution < -0.4 is 10.2 Å². The van der Waals surface area contributed by atoms with Crippen molar-refractivity contribution >= 4 is 28.4 Å². The third-order valence-electron chi connectivity index (χ3n) is 2.51. The highest BCUT2D eigenvalue weighted by Crippen LogP contribution is 2.20. The van der Waals surface area contributed by atoms with Gasteiger partial charge in [0.05, 0.1) is 3.57 Å². The second-order valence-electron chi connectivity index (χ2n) is 4.07. The van der Waals surface area contributed by atoms with Gasteiger partial charge < -0.3 is 10.2 Å². The van der Waals surface area contributed by atoms with Crippen LogP contribution in [0.15, 0.2) is 12.5 Å². The highest BCUT2D eigenvalue weighted by Gasteiger charge is 2.22. The first-order chi connectivity index (χ1) is 7.16. The Bertz CT molecular complexity index is 334. The monoisotopic (exact) mass is 318 g/mol. The summed E-state index contributed by atoms with van der Waals surface area (Å²) in [7, 11) is 0. The predicted octanol–water partition coefficient (Wildman–Crippen LogP) is 1.27. The topological polar surface area (TPSA) is 41.1 Å². The van der Waals surface area contributed by atoms with Crippen LogP contribution in [0.3, 0.4) is 0 Å². The van der Waals surface area contributed by atoms with Crippen LogP contribution in [0.25, 0.3) is 0 Å². The molecule has 15 heavy (non-hydrogen) atoms. The number of anilines is 1. The first-order valence-corrected chi connectivity index (χ1v) is 6.21. The van der Waals surface area contributed by atoms with E-state index in [2.05, 4.69) is 56.6 Å². The molecule has 2 atom stereocenters. The van der Waals surface area contributed by atoms with E-state index in [0.717, 1.165) is 22.5 Å². The van der Waals surface area contributed by atoms with Crippen LogP contribution in [0.1, 0.15) is 13.8 Å². The summed E-state index contributed by atoms with van der Waals surface area (Å²) in [5.74, 6) is 1.06. The maximum atomic E-state index is 4.35. The molecule has 1 N–H and O–H groups in total. The van der Waals surface area contributed by atoms with Crippen LogP contribution >= 0.6 is 22.6 Å². The highest BCUT2D eigenvalue weighted by atomic mass is 127. The molecule has 1 fully saturated rings. The molecule has 4 nitrogen and oxygen atoms in total. The zero-order valence-corrected chi connectivity index (χ0v) is 11.1. The lowest BCUT2D eigenvalue weighted by Crippen LogP contribution is -2.54. The molecule has 2 heterocycles. The minimum absolute atomic E-state index is 0.513. The summed E-state index contributed by atoms with van der Waals surface area (Å²) in [6.07, 6.45) is 3.48. The second kappa shape index (κ2) is 4.61. The first-order valence-electron chi connectivity index (χ1n) is 5.13. The van der Waals surface area contributed by atoms with E-state index < -0.39 is 0 Å². The van der Waals surface area contributed by atoms with Crippen molar-refractivity contribution in [3.05, 3.63) is 16.1 Å². The Balaban J connectivity index is 2.20. The Labute approximate surface area is 104 Å². The predicted molar refractivity (Wildman–Crippen MR) is 69.0 cm³/mol. The van der Waals surface area contributed by atoms with Crippen molar-refractivity contribution in [2.75, 3.05) is 18.0 Å². The van der Waals surface area contributed by atoms with E-state index >= 15 is 0 Å². The maximum Gasteiger partial charge on any atom is 0.145 e. The van der Waals surface area contributed by atoms with E-state index in [1.807, 2.05) is 6.20 Å². The fraction of sp³-hybridized carbons (Fsp3) is 0.600. The lowest BCUT2D eigenvalue weighted by Gasteiger charge is -2.37. The number of hydrogen-bond acceptors (Lipinski definition) is 4. The molecule has 0 amide bonds. The van der Waals surface area contributed by atoms with Gasteiger partial charge in [-0.1, -0.05) is 0 Å². The van der Waals surface area contributed by atoms with Crippen LogP contribution in [0.5, 0.6) is 0 Å². The summed E-state index contributed by atoms with van der Waals surface area (Å²) < 4.78 is 1.12. The molecule has 1 saturated heterocycles. The number of piperazine rings is 1.